The van der Waals surface area contributed by atoms with E-state index in [1.54, 1.807) is 19.9 Å². The molecule has 1 amide bonds. The first-order valence-corrected chi connectivity index (χ1v) is 10.5. The van der Waals surface area contributed by atoms with Crippen molar-refractivity contribution < 1.29 is 13.2 Å². The van der Waals surface area contributed by atoms with Crippen LogP contribution in [0.5, 0.6) is 0 Å². The molecule has 0 aliphatic carbocycles. The number of carbonyl (C=O) groups is 1. The first-order valence-electron chi connectivity index (χ1n) is 9.02. The van der Waals surface area contributed by atoms with Crippen LogP contribution in [0.25, 0.3) is 0 Å². The van der Waals surface area contributed by atoms with E-state index in [0.717, 1.165) is 11.1 Å². The Morgan fingerprint density at radius 3 is 2.04 bits per heavy atom. The molecule has 2 aromatic rings. The molecule has 0 aliphatic heterocycles. The van der Waals surface area contributed by atoms with Crippen molar-refractivity contribution in [1.29, 1.82) is 0 Å². The van der Waals surface area contributed by atoms with Crippen LogP contribution in [-0.2, 0) is 10.0 Å². The minimum absolute atomic E-state index is 0.129. The van der Waals surface area contributed by atoms with E-state index in [0.29, 0.717) is 17.0 Å². The SMILES string of the molecule is CNS(=O)(=O)c1cc(C(=O)NC(C)c2ccc(C(C)C)cc2)cc(C)c1C. The average molecular weight is 389 g/mol. The summed E-state index contributed by atoms with van der Waals surface area (Å²) in [6.45, 7) is 9.72. The molecule has 0 aliphatic rings. The topological polar surface area (TPSA) is 75.3 Å². The lowest BCUT2D eigenvalue weighted by Gasteiger charge is -2.17. The lowest BCUT2D eigenvalue weighted by molar-refractivity contribution is 0.0939. The molecule has 1 unspecified atom stereocenters. The third-order valence-electron chi connectivity index (χ3n) is 4.89. The fraction of sp³-hybridized carbons (Fsp3) is 0.381. The Labute approximate surface area is 162 Å². The van der Waals surface area contributed by atoms with Crippen molar-refractivity contribution in [1.82, 2.24) is 10.0 Å². The van der Waals surface area contributed by atoms with Crippen LogP contribution < -0.4 is 10.0 Å². The summed E-state index contributed by atoms with van der Waals surface area (Å²) in [5.74, 6) is 0.151. The second-order valence-electron chi connectivity index (χ2n) is 7.14. The maximum absolute atomic E-state index is 12.7. The molecule has 5 nitrogen and oxygen atoms in total. The number of sulfonamides is 1. The van der Waals surface area contributed by atoms with Gasteiger partial charge in [-0.25, -0.2) is 13.1 Å². The lowest BCUT2D eigenvalue weighted by atomic mass is 9.99. The van der Waals surface area contributed by atoms with Gasteiger partial charge in [-0.1, -0.05) is 38.1 Å². The molecule has 0 spiro atoms. The Bertz CT molecular complexity index is 933. The molecule has 6 heteroatoms. The van der Waals surface area contributed by atoms with Crippen molar-refractivity contribution in [2.24, 2.45) is 0 Å². The van der Waals surface area contributed by atoms with Crippen LogP contribution in [-0.4, -0.2) is 21.4 Å². The number of hydrogen-bond donors (Lipinski definition) is 2. The molecule has 2 aromatic carbocycles. The highest BCUT2D eigenvalue weighted by atomic mass is 32.2. The van der Waals surface area contributed by atoms with Crippen molar-refractivity contribution in [3.05, 3.63) is 64.2 Å². The molecule has 27 heavy (non-hydrogen) atoms. The number of nitrogens with one attached hydrogen (secondary N) is 2. The fourth-order valence-electron chi connectivity index (χ4n) is 2.88. The number of carbonyl (C=O) groups excluding carboxylic acids is 1. The summed E-state index contributed by atoms with van der Waals surface area (Å²) in [7, 11) is -2.27. The first kappa shape index (κ1) is 21.1. The van der Waals surface area contributed by atoms with Gasteiger partial charge in [0.15, 0.2) is 0 Å². The summed E-state index contributed by atoms with van der Waals surface area (Å²) in [4.78, 5) is 12.8. The van der Waals surface area contributed by atoms with Gasteiger partial charge in [0.05, 0.1) is 10.9 Å². The maximum atomic E-state index is 12.7. The largest absolute Gasteiger partial charge is 0.346 e. The van der Waals surface area contributed by atoms with Gasteiger partial charge < -0.3 is 5.32 Å². The molecule has 0 heterocycles. The molecule has 0 saturated heterocycles. The summed E-state index contributed by atoms with van der Waals surface area (Å²) < 4.78 is 26.8. The quantitative estimate of drug-likeness (QED) is 0.790. The third kappa shape index (κ3) is 4.76. The summed E-state index contributed by atoms with van der Waals surface area (Å²) in [6.07, 6.45) is 0. The average Bonchev–Trinajstić information content (AvgIpc) is 2.63. The Balaban J connectivity index is 2.27. The molecule has 0 aromatic heterocycles. The Morgan fingerprint density at radius 1 is 0.963 bits per heavy atom. The smallest absolute Gasteiger partial charge is 0.251 e. The highest BCUT2D eigenvalue weighted by molar-refractivity contribution is 7.89. The third-order valence-corrected chi connectivity index (χ3v) is 6.43. The Kier molecular flexibility index (Phi) is 6.44. The van der Waals surface area contributed by atoms with Gasteiger partial charge >= 0.3 is 0 Å². The summed E-state index contributed by atoms with van der Waals surface area (Å²) in [5.41, 5.74) is 3.97. The van der Waals surface area contributed by atoms with Gasteiger partial charge in [0.25, 0.3) is 5.91 Å². The second-order valence-corrected chi connectivity index (χ2v) is 9.00. The molecule has 0 saturated carbocycles. The highest BCUT2D eigenvalue weighted by Gasteiger charge is 2.20. The van der Waals surface area contributed by atoms with Crippen molar-refractivity contribution in [2.75, 3.05) is 7.05 Å². The van der Waals surface area contributed by atoms with Crippen LogP contribution in [0.3, 0.4) is 0 Å². The summed E-state index contributed by atoms with van der Waals surface area (Å²) in [5, 5.41) is 2.95. The van der Waals surface area contributed by atoms with Gasteiger partial charge in [-0.05, 0) is 68.1 Å². The summed E-state index contributed by atoms with van der Waals surface area (Å²) >= 11 is 0. The monoisotopic (exact) mass is 388 g/mol. The van der Waals surface area contributed by atoms with E-state index in [1.165, 1.54) is 18.7 Å². The predicted molar refractivity (Wildman–Crippen MR) is 109 cm³/mol. The predicted octanol–water partition coefficient (Wildman–Crippen LogP) is 3.83. The number of hydrogen-bond acceptors (Lipinski definition) is 3. The van der Waals surface area contributed by atoms with E-state index < -0.39 is 10.0 Å². The van der Waals surface area contributed by atoms with Gasteiger partial charge in [-0.2, -0.15) is 0 Å². The second kappa shape index (κ2) is 8.23. The van der Waals surface area contributed by atoms with E-state index in [2.05, 4.69) is 36.0 Å². The molecule has 2 rings (SSSR count). The normalized spacial score (nSPS) is 12.9. The standard InChI is InChI=1S/C21H28N2O3S/c1-13(2)17-7-9-18(10-8-17)16(5)23-21(24)19-11-14(3)15(4)20(12-19)27(25,26)22-6/h7-13,16,22H,1-6H3,(H,23,24). The minimum Gasteiger partial charge on any atom is -0.346 e. The molecule has 0 bridgehead atoms. The van der Waals surface area contributed by atoms with Crippen LogP contribution in [0.2, 0.25) is 0 Å². The number of amides is 1. The van der Waals surface area contributed by atoms with Crippen LogP contribution in [0.1, 0.15) is 65.3 Å². The number of aryl methyl sites for hydroxylation is 1. The Hall–Kier alpha value is -2.18. The van der Waals surface area contributed by atoms with Crippen molar-refractivity contribution in [2.45, 2.75) is 51.5 Å². The molecular formula is C21H28N2O3S. The van der Waals surface area contributed by atoms with E-state index >= 15 is 0 Å². The zero-order valence-corrected chi connectivity index (χ0v) is 17.6. The van der Waals surface area contributed by atoms with Crippen molar-refractivity contribution in [3.8, 4) is 0 Å². The van der Waals surface area contributed by atoms with Crippen molar-refractivity contribution in [3.63, 3.8) is 0 Å². The van der Waals surface area contributed by atoms with Crippen LogP contribution in [0, 0.1) is 13.8 Å². The zero-order chi connectivity index (χ0) is 20.4. The van der Waals surface area contributed by atoms with E-state index in [4.69, 9.17) is 0 Å². The lowest BCUT2D eigenvalue weighted by Crippen LogP contribution is -2.27. The number of rotatable bonds is 6. The molecule has 2 N–H and O–H groups in total. The molecule has 0 radical (unpaired) electrons. The maximum Gasteiger partial charge on any atom is 0.251 e. The number of benzene rings is 2. The van der Waals surface area contributed by atoms with Gasteiger partial charge in [0.2, 0.25) is 10.0 Å². The molecular weight excluding hydrogens is 360 g/mol. The Morgan fingerprint density at radius 2 is 1.52 bits per heavy atom. The first-order chi connectivity index (χ1) is 12.6. The van der Waals surface area contributed by atoms with E-state index in [-0.39, 0.29) is 16.8 Å². The molecule has 146 valence electrons. The van der Waals surface area contributed by atoms with Gasteiger partial charge in [-0.3, -0.25) is 4.79 Å². The molecule has 0 fully saturated rings. The van der Waals surface area contributed by atoms with Gasteiger partial charge in [0, 0.05) is 5.56 Å². The van der Waals surface area contributed by atoms with Crippen LogP contribution in [0.15, 0.2) is 41.3 Å². The highest BCUT2D eigenvalue weighted by Crippen LogP contribution is 2.22. The van der Waals surface area contributed by atoms with Crippen LogP contribution in [0.4, 0.5) is 0 Å². The van der Waals surface area contributed by atoms with E-state index in [1.807, 2.05) is 19.1 Å². The zero-order valence-electron chi connectivity index (χ0n) is 16.8. The van der Waals surface area contributed by atoms with Crippen molar-refractivity contribution >= 4 is 15.9 Å². The van der Waals surface area contributed by atoms with Gasteiger partial charge in [-0.15, -0.1) is 0 Å². The minimum atomic E-state index is -3.63. The van der Waals surface area contributed by atoms with E-state index in [9.17, 15) is 13.2 Å². The van der Waals surface area contributed by atoms with Crippen LogP contribution >= 0.6 is 0 Å². The van der Waals surface area contributed by atoms with Gasteiger partial charge in [0.1, 0.15) is 0 Å². The summed E-state index contributed by atoms with van der Waals surface area (Å²) in [6, 6.07) is 11.1. The fourth-order valence-corrected chi connectivity index (χ4v) is 3.95. The molecule has 1 atom stereocenters.